The van der Waals surface area contributed by atoms with Gasteiger partial charge in [-0.05, 0) is 49.6 Å². The van der Waals surface area contributed by atoms with E-state index in [0.29, 0.717) is 0 Å². The van der Waals surface area contributed by atoms with E-state index < -0.39 is 52.5 Å². The van der Waals surface area contributed by atoms with E-state index in [1.54, 1.807) is 13.8 Å². The van der Waals surface area contributed by atoms with Crippen LogP contribution in [0.4, 0.5) is 8.78 Å². The number of aliphatic carboxylic acids is 1. The van der Waals surface area contributed by atoms with Gasteiger partial charge in [-0.15, -0.1) is 0 Å². The number of ether oxygens (including phenoxy) is 1. The molecule has 206 valence electrons. The highest BCUT2D eigenvalue weighted by molar-refractivity contribution is 6.31. The van der Waals surface area contributed by atoms with Crippen LogP contribution < -0.4 is 11.1 Å². The highest BCUT2D eigenvalue weighted by Gasteiger charge is 2.59. The smallest absolute Gasteiger partial charge is 0.321 e. The van der Waals surface area contributed by atoms with E-state index in [4.69, 9.17) is 33.7 Å². The molecule has 3 aromatic rings. The van der Waals surface area contributed by atoms with Crippen LogP contribution >= 0.6 is 23.2 Å². The topological polar surface area (TPSA) is 102 Å². The van der Waals surface area contributed by atoms with Crippen molar-refractivity contribution in [3.63, 3.8) is 0 Å². The number of carbonyl (C=O) groups excluding carboxylic acids is 1. The summed E-state index contributed by atoms with van der Waals surface area (Å²) in [7, 11) is 0. The summed E-state index contributed by atoms with van der Waals surface area (Å²) in [6, 6.07) is 14.7. The number of carboxylic acids is 1. The molecule has 0 bridgehead atoms. The van der Waals surface area contributed by atoms with Crippen molar-refractivity contribution in [2.24, 2.45) is 11.1 Å². The van der Waals surface area contributed by atoms with E-state index in [9.17, 15) is 14.7 Å². The van der Waals surface area contributed by atoms with Crippen LogP contribution in [0.2, 0.25) is 10.0 Å². The molecule has 0 aliphatic carbocycles. The van der Waals surface area contributed by atoms with Crippen molar-refractivity contribution in [1.29, 1.82) is 0 Å². The minimum atomic E-state index is -1.83. The van der Waals surface area contributed by atoms with Gasteiger partial charge in [0, 0.05) is 22.5 Å². The Balaban J connectivity index is 1.78. The van der Waals surface area contributed by atoms with Gasteiger partial charge in [0.2, 0.25) is 0 Å². The Morgan fingerprint density at radius 2 is 1.77 bits per heavy atom. The Labute approximate surface area is 235 Å². The predicted octanol–water partition coefficient (Wildman–Crippen LogP) is 5.79. The van der Waals surface area contributed by atoms with E-state index >= 15 is 8.78 Å². The lowest BCUT2D eigenvalue weighted by atomic mass is 9.68. The van der Waals surface area contributed by atoms with E-state index in [0.717, 1.165) is 11.6 Å². The molecule has 0 aromatic heterocycles. The zero-order valence-electron chi connectivity index (χ0n) is 21.3. The summed E-state index contributed by atoms with van der Waals surface area (Å²) in [5, 5.41) is 13.0. The van der Waals surface area contributed by atoms with Crippen molar-refractivity contribution >= 4 is 35.1 Å². The average Bonchev–Trinajstić information content (AvgIpc) is 3.17. The lowest BCUT2D eigenvalue weighted by Crippen LogP contribution is -2.53. The van der Waals surface area contributed by atoms with Gasteiger partial charge in [-0.3, -0.25) is 14.9 Å². The molecule has 6 nitrogen and oxygen atoms in total. The summed E-state index contributed by atoms with van der Waals surface area (Å²) >= 11 is 12.0. The van der Waals surface area contributed by atoms with E-state index in [1.165, 1.54) is 30.3 Å². The number of hydrogen-bond acceptors (Lipinski definition) is 5. The van der Waals surface area contributed by atoms with Gasteiger partial charge in [0.15, 0.2) is 0 Å². The Morgan fingerprint density at radius 1 is 1.08 bits per heavy atom. The number of rotatable bonds is 8. The molecule has 3 aromatic carbocycles. The third kappa shape index (κ3) is 5.65. The van der Waals surface area contributed by atoms with Crippen LogP contribution in [-0.2, 0) is 26.5 Å². The molecule has 10 heteroatoms. The number of carboxylic acid groups (broad SMARTS) is 1. The monoisotopic (exact) mass is 576 g/mol. The first-order valence-electron chi connectivity index (χ1n) is 12.2. The molecule has 1 saturated heterocycles. The number of hydrogen-bond donors (Lipinski definition) is 3. The number of nitrogens with one attached hydrogen (secondary N) is 1. The van der Waals surface area contributed by atoms with Crippen LogP contribution in [0.1, 0.15) is 42.9 Å². The number of halogens is 4. The Bertz CT molecular complexity index is 1390. The molecule has 0 spiro atoms. The first-order chi connectivity index (χ1) is 18.4. The number of esters is 1. The normalized spacial score (nSPS) is 23.0. The second-order valence-electron chi connectivity index (χ2n) is 10.4. The van der Waals surface area contributed by atoms with Gasteiger partial charge in [-0.1, -0.05) is 71.7 Å². The zero-order chi connectivity index (χ0) is 28.5. The highest BCUT2D eigenvalue weighted by atomic mass is 35.5. The molecule has 0 saturated carbocycles. The lowest BCUT2D eigenvalue weighted by Gasteiger charge is -2.40. The molecule has 4 N–H and O–H groups in total. The van der Waals surface area contributed by atoms with Crippen molar-refractivity contribution < 1.29 is 28.2 Å². The van der Waals surface area contributed by atoms with Crippen molar-refractivity contribution in [1.82, 2.24) is 5.32 Å². The minimum absolute atomic E-state index is 0.0366. The van der Waals surface area contributed by atoms with Gasteiger partial charge < -0.3 is 15.6 Å². The van der Waals surface area contributed by atoms with Crippen LogP contribution in [0.5, 0.6) is 0 Å². The Kier molecular flexibility index (Phi) is 8.33. The van der Waals surface area contributed by atoms with Crippen LogP contribution in [0, 0.1) is 17.0 Å². The second kappa shape index (κ2) is 11.2. The lowest BCUT2D eigenvalue weighted by molar-refractivity contribution is -0.156. The maximum Gasteiger partial charge on any atom is 0.321 e. The third-order valence-electron chi connectivity index (χ3n) is 7.27. The SMILES string of the molecule is CC(C)(CC1NC(C(=O)O)C(c2cccc(Cl)c2F)C1(N)c1ccc(Cl)cc1F)C(=O)OCc1ccccc1. The van der Waals surface area contributed by atoms with E-state index in [2.05, 4.69) is 5.32 Å². The molecular formula is C29H28Cl2F2N2O4. The molecule has 0 amide bonds. The first kappa shape index (κ1) is 29.0. The highest BCUT2D eigenvalue weighted by Crippen LogP contribution is 2.50. The molecule has 1 aliphatic heterocycles. The van der Waals surface area contributed by atoms with Crippen molar-refractivity contribution in [3.05, 3.63) is 105 Å². The van der Waals surface area contributed by atoms with Gasteiger partial charge in [0.05, 0.1) is 16.0 Å². The maximum atomic E-state index is 15.5. The second-order valence-corrected chi connectivity index (χ2v) is 11.2. The van der Waals surface area contributed by atoms with Crippen molar-refractivity contribution in [2.75, 3.05) is 0 Å². The number of carbonyl (C=O) groups is 2. The number of benzene rings is 3. The summed E-state index contributed by atoms with van der Waals surface area (Å²) in [4.78, 5) is 25.6. The maximum absolute atomic E-state index is 15.5. The quantitative estimate of drug-likeness (QED) is 0.293. The van der Waals surface area contributed by atoms with Gasteiger partial charge in [-0.2, -0.15) is 0 Å². The van der Waals surface area contributed by atoms with Crippen molar-refractivity contribution in [3.8, 4) is 0 Å². The fraction of sp³-hybridized carbons (Fsp3) is 0.310. The molecule has 1 heterocycles. The van der Waals surface area contributed by atoms with Crippen LogP contribution in [0.3, 0.4) is 0 Å². The standard InChI is InChI=1S/C29H28Cl2F2N2O4/c1-28(2,27(38)39-15-16-7-4-3-5-8-16)14-22-29(34,19-12-11-17(30)13-21(19)32)23(25(35-22)26(36)37)18-9-6-10-20(31)24(18)33/h3-13,22-23,25,35H,14-15,34H2,1-2H3,(H,36,37). The third-order valence-corrected chi connectivity index (χ3v) is 7.79. The summed E-state index contributed by atoms with van der Waals surface area (Å²) < 4.78 is 36.4. The zero-order valence-corrected chi connectivity index (χ0v) is 22.8. The van der Waals surface area contributed by atoms with E-state index in [1.807, 2.05) is 30.3 Å². The fourth-order valence-electron chi connectivity index (χ4n) is 5.29. The van der Waals surface area contributed by atoms with Crippen LogP contribution in [0.15, 0.2) is 66.7 Å². The molecular weight excluding hydrogens is 549 g/mol. The van der Waals surface area contributed by atoms with E-state index in [-0.39, 0.29) is 34.2 Å². The molecule has 4 atom stereocenters. The Hall–Kier alpha value is -3.04. The average molecular weight is 577 g/mol. The largest absolute Gasteiger partial charge is 0.480 e. The molecule has 39 heavy (non-hydrogen) atoms. The number of nitrogens with two attached hydrogens (primary N) is 1. The van der Waals surface area contributed by atoms with Gasteiger partial charge in [0.25, 0.3) is 0 Å². The molecule has 1 aliphatic rings. The Morgan fingerprint density at radius 3 is 2.41 bits per heavy atom. The van der Waals surface area contributed by atoms with Gasteiger partial charge in [0.1, 0.15) is 24.3 Å². The predicted molar refractivity (Wildman–Crippen MR) is 144 cm³/mol. The molecule has 4 rings (SSSR count). The summed E-state index contributed by atoms with van der Waals surface area (Å²) in [5.74, 6) is -4.83. The van der Waals surface area contributed by atoms with Crippen LogP contribution in [-0.4, -0.2) is 29.1 Å². The van der Waals surface area contributed by atoms with Crippen molar-refractivity contribution in [2.45, 2.75) is 50.4 Å². The fourth-order valence-corrected chi connectivity index (χ4v) is 5.63. The summed E-state index contributed by atoms with van der Waals surface area (Å²) in [5.41, 5.74) is 4.60. The van der Waals surface area contributed by atoms with Gasteiger partial charge in [-0.25, -0.2) is 8.78 Å². The molecule has 1 fully saturated rings. The first-order valence-corrected chi connectivity index (χ1v) is 13.0. The minimum Gasteiger partial charge on any atom is -0.480 e. The van der Waals surface area contributed by atoms with Crippen LogP contribution in [0.25, 0.3) is 0 Å². The summed E-state index contributed by atoms with van der Waals surface area (Å²) in [6.45, 7) is 3.29. The summed E-state index contributed by atoms with van der Waals surface area (Å²) in [6.07, 6.45) is -0.0539. The van der Waals surface area contributed by atoms with Gasteiger partial charge >= 0.3 is 11.9 Å². The molecule has 4 unspecified atom stereocenters. The molecule has 0 radical (unpaired) electrons.